The number of rotatable bonds is 4. The lowest BCUT2D eigenvalue weighted by molar-refractivity contribution is 0.0939. The second kappa shape index (κ2) is 6.63. The normalized spacial score (nSPS) is 11.9. The summed E-state index contributed by atoms with van der Waals surface area (Å²) in [6.07, 6.45) is 1.60. The Kier molecular flexibility index (Phi) is 4.87. The highest BCUT2D eigenvalue weighted by Gasteiger charge is 2.12. The van der Waals surface area contributed by atoms with E-state index in [0.717, 1.165) is 10.0 Å². The number of carbonyl (C=O) groups is 1. The average Bonchev–Trinajstić information content (AvgIpc) is 2.47. The molecule has 2 aromatic rings. The Bertz CT molecular complexity index is 616. The maximum Gasteiger partial charge on any atom is 0.251 e. The number of amides is 1. The maximum atomic E-state index is 12.2. The number of carbonyl (C=O) groups excluding carboxylic acids is 1. The van der Waals surface area contributed by atoms with Crippen LogP contribution in [0.25, 0.3) is 0 Å². The van der Waals surface area contributed by atoms with Gasteiger partial charge in [0.05, 0.1) is 11.7 Å². The molecule has 0 bridgehead atoms. The van der Waals surface area contributed by atoms with Crippen LogP contribution in [0.15, 0.2) is 47.1 Å². The molecule has 0 aliphatic rings. The summed E-state index contributed by atoms with van der Waals surface area (Å²) in [6, 6.07) is 11.2. The van der Waals surface area contributed by atoms with Gasteiger partial charge in [0.2, 0.25) is 0 Å². The van der Waals surface area contributed by atoms with Crippen molar-refractivity contribution in [2.45, 2.75) is 19.5 Å². The van der Waals surface area contributed by atoms with E-state index >= 15 is 0 Å². The topological polar surface area (TPSA) is 68.0 Å². The number of hydrogen-bond acceptors (Lipinski definition) is 3. The molecule has 1 atom stereocenters. The van der Waals surface area contributed by atoms with Gasteiger partial charge in [-0.3, -0.25) is 9.78 Å². The standard InChI is InChI=1S/C15H16BrN3O/c1-10(11-3-2-4-13(16)7-11)19-15(20)12-5-6-18-14(8-12)9-17/h2-8,10H,9,17H2,1H3,(H,19,20)/t10-/m0/s1. The molecule has 0 saturated carbocycles. The summed E-state index contributed by atoms with van der Waals surface area (Å²) < 4.78 is 0.991. The van der Waals surface area contributed by atoms with Crippen LogP contribution in [-0.2, 0) is 6.54 Å². The molecule has 2 rings (SSSR count). The highest BCUT2D eigenvalue weighted by molar-refractivity contribution is 9.10. The lowest BCUT2D eigenvalue weighted by atomic mass is 10.1. The number of nitrogens with one attached hydrogen (secondary N) is 1. The van der Waals surface area contributed by atoms with Crippen LogP contribution in [0.1, 0.15) is 34.6 Å². The van der Waals surface area contributed by atoms with Crippen molar-refractivity contribution in [3.63, 3.8) is 0 Å². The summed E-state index contributed by atoms with van der Waals surface area (Å²) in [5, 5.41) is 2.96. The zero-order chi connectivity index (χ0) is 14.5. The molecule has 1 aromatic carbocycles. The molecule has 0 saturated heterocycles. The first-order valence-electron chi connectivity index (χ1n) is 6.31. The van der Waals surface area contributed by atoms with Crippen molar-refractivity contribution in [1.82, 2.24) is 10.3 Å². The number of pyridine rings is 1. The van der Waals surface area contributed by atoms with Crippen LogP contribution in [0.3, 0.4) is 0 Å². The van der Waals surface area contributed by atoms with Gasteiger partial charge in [-0.1, -0.05) is 28.1 Å². The van der Waals surface area contributed by atoms with Crippen LogP contribution in [0, 0.1) is 0 Å². The Labute approximate surface area is 126 Å². The van der Waals surface area contributed by atoms with Gasteiger partial charge in [-0.2, -0.15) is 0 Å². The van der Waals surface area contributed by atoms with Gasteiger partial charge in [0, 0.05) is 22.8 Å². The lowest BCUT2D eigenvalue weighted by Gasteiger charge is -2.15. The minimum atomic E-state index is -0.130. The largest absolute Gasteiger partial charge is 0.346 e. The summed E-state index contributed by atoms with van der Waals surface area (Å²) in [5.74, 6) is -0.130. The molecule has 4 nitrogen and oxygen atoms in total. The van der Waals surface area contributed by atoms with Crippen LogP contribution >= 0.6 is 15.9 Å². The Balaban J connectivity index is 2.10. The second-order valence-electron chi connectivity index (χ2n) is 4.49. The molecular weight excluding hydrogens is 318 g/mol. The molecule has 1 amide bonds. The first kappa shape index (κ1) is 14.7. The summed E-state index contributed by atoms with van der Waals surface area (Å²) >= 11 is 3.43. The van der Waals surface area contributed by atoms with Crippen molar-refractivity contribution in [3.05, 3.63) is 63.9 Å². The van der Waals surface area contributed by atoms with Gasteiger partial charge < -0.3 is 11.1 Å². The fraction of sp³-hybridized carbons (Fsp3) is 0.200. The van der Waals surface area contributed by atoms with Gasteiger partial charge in [0.1, 0.15) is 0 Å². The zero-order valence-corrected chi connectivity index (χ0v) is 12.7. The number of aromatic nitrogens is 1. The molecule has 3 N–H and O–H groups in total. The minimum Gasteiger partial charge on any atom is -0.346 e. The van der Waals surface area contributed by atoms with Gasteiger partial charge in [-0.05, 0) is 36.8 Å². The van der Waals surface area contributed by atoms with Gasteiger partial charge in [0.15, 0.2) is 0 Å². The van der Waals surface area contributed by atoms with E-state index in [-0.39, 0.29) is 11.9 Å². The Hall–Kier alpha value is -1.72. The van der Waals surface area contributed by atoms with Crippen molar-refractivity contribution < 1.29 is 4.79 Å². The van der Waals surface area contributed by atoms with Crippen molar-refractivity contribution in [2.75, 3.05) is 0 Å². The molecule has 0 unspecified atom stereocenters. The summed E-state index contributed by atoms with van der Waals surface area (Å²) in [6.45, 7) is 2.27. The summed E-state index contributed by atoms with van der Waals surface area (Å²) in [5.41, 5.74) is 7.84. The van der Waals surface area contributed by atoms with Crippen molar-refractivity contribution >= 4 is 21.8 Å². The van der Waals surface area contributed by atoms with Gasteiger partial charge in [0.25, 0.3) is 5.91 Å². The molecule has 1 aromatic heterocycles. The van der Waals surface area contributed by atoms with Gasteiger partial charge in [-0.25, -0.2) is 0 Å². The monoisotopic (exact) mass is 333 g/mol. The number of halogens is 1. The first-order chi connectivity index (χ1) is 9.60. The van der Waals surface area contributed by atoms with Crippen molar-refractivity contribution in [2.24, 2.45) is 5.73 Å². The molecule has 0 aliphatic carbocycles. The number of benzene rings is 1. The third-order valence-electron chi connectivity index (χ3n) is 2.98. The lowest BCUT2D eigenvalue weighted by Crippen LogP contribution is -2.26. The maximum absolute atomic E-state index is 12.2. The smallest absolute Gasteiger partial charge is 0.251 e. The fourth-order valence-electron chi connectivity index (χ4n) is 1.87. The molecule has 5 heteroatoms. The molecule has 104 valence electrons. The average molecular weight is 334 g/mol. The van der Waals surface area contributed by atoms with E-state index in [9.17, 15) is 4.79 Å². The highest BCUT2D eigenvalue weighted by Crippen LogP contribution is 2.18. The van der Waals surface area contributed by atoms with Gasteiger partial charge in [-0.15, -0.1) is 0 Å². The van der Waals surface area contributed by atoms with E-state index in [0.29, 0.717) is 17.8 Å². The van der Waals surface area contributed by atoms with Crippen LogP contribution in [0.4, 0.5) is 0 Å². The second-order valence-corrected chi connectivity index (χ2v) is 5.41. The fourth-order valence-corrected chi connectivity index (χ4v) is 2.29. The van der Waals surface area contributed by atoms with Crippen molar-refractivity contribution in [1.29, 1.82) is 0 Å². The third kappa shape index (κ3) is 3.65. The third-order valence-corrected chi connectivity index (χ3v) is 3.48. The molecule has 0 aliphatic heterocycles. The van der Waals surface area contributed by atoms with Crippen LogP contribution in [0.2, 0.25) is 0 Å². The summed E-state index contributed by atoms with van der Waals surface area (Å²) in [7, 11) is 0. The van der Waals surface area contributed by atoms with E-state index < -0.39 is 0 Å². The number of hydrogen-bond donors (Lipinski definition) is 2. The summed E-state index contributed by atoms with van der Waals surface area (Å²) in [4.78, 5) is 16.3. The van der Waals surface area contributed by atoms with Crippen molar-refractivity contribution in [3.8, 4) is 0 Å². The van der Waals surface area contributed by atoms with Crippen LogP contribution in [0.5, 0.6) is 0 Å². The van der Waals surface area contributed by atoms with E-state index in [1.807, 2.05) is 31.2 Å². The number of nitrogens with two attached hydrogens (primary N) is 1. The predicted molar refractivity (Wildman–Crippen MR) is 82.2 cm³/mol. The Morgan fingerprint density at radius 2 is 2.20 bits per heavy atom. The molecular formula is C15H16BrN3O. The number of nitrogens with zero attached hydrogens (tertiary/aromatic N) is 1. The zero-order valence-electron chi connectivity index (χ0n) is 11.1. The van der Waals surface area contributed by atoms with Crippen LogP contribution < -0.4 is 11.1 Å². The molecule has 0 spiro atoms. The van der Waals surface area contributed by atoms with E-state index in [1.54, 1.807) is 18.3 Å². The van der Waals surface area contributed by atoms with Gasteiger partial charge >= 0.3 is 0 Å². The SMILES string of the molecule is C[C@H](NC(=O)c1ccnc(CN)c1)c1cccc(Br)c1. The molecule has 0 fully saturated rings. The molecule has 0 radical (unpaired) electrons. The Morgan fingerprint density at radius 3 is 2.90 bits per heavy atom. The van der Waals surface area contributed by atoms with E-state index in [2.05, 4.69) is 26.2 Å². The highest BCUT2D eigenvalue weighted by atomic mass is 79.9. The quantitative estimate of drug-likeness (QED) is 0.903. The molecule has 1 heterocycles. The first-order valence-corrected chi connectivity index (χ1v) is 7.11. The Morgan fingerprint density at radius 1 is 1.40 bits per heavy atom. The van der Waals surface area contributed by atoms with E-state index in [4.69, 9.17) is 5.73 Å². The van der Waals surface area contributed by atoms with E-state index in [1.165, 1.54) is 0 Å². The predicted octanol–water partition coefficient (Wildman–Crippen LogP) is 2.79. The molecule has 20 heavy (non-hydrogen) atoms. The van der Waals surface area contributed by atoms with Crippen LogP contribution in [-0.4, -0.2) is 10.9 Å². The minimum absolute atomic E-state index is 0.0745.